The fourth-order valence-corrected chi connectivity index (χ4v) is 1.53. The molecule has 0 aromatic carbocycles. The zero-order valence-corrected chi connectivity index (χ0v) is 8.66. The average molecular weight is 226 g/mol. The molecule has 0 aliphatic carbocycles. The summed E-state index contributed by atoms with van der Waals surface area (Å²) >= 11 is 1.20. The zero-order chi connectivity index (χ0) is 10.5. The second kappa shape index (κ2) is 4.87. The summed E-state index contributed by atoms with van der Waals surface area (Å²) in [5.41, 5.74) is 3.21. The number of hydrogen-bond acceptors (Lipinski definition) is 7. The van der Waals surface area contributed by atoms with Gasteiger partial charge in [-0.15, -0.1) is 5.10 Å². The van der Waals surface area contributed by atoms with Crippen LogP contribution in [0.5, 0.6) is 0 Å². The fraction of sp³-hybridized carbons (Fsp3) is 0.250. The van der Waals surface area contributed by atoms with Crippen molar-refractivity contribution in [1.82, 2.24) is 9.59 Å². The van der Waals surface area contributed by atoms with Crippen LogP contribution in [-0.4, -0.2) is 9.59 Å². The van der Waals surface area contributed by atoms with Gasteiger partial charge < -0.3 is 14.6 Å². The normalized spacial score (nSPS) is 10.5. The SMILES string of the molecule is NNc1snnc1COCc1ccco1. The van der Waals surface area contributed by atoms with Crippen LogP contribution in [0.15, 0.2) is 22.8 Å². The largest absolute Gasteiger partial charge is 0.467 e. The van der Waals surface area contributed by atoms with Gasteiger partial charge in [0.2, 0.25) is 0 Å². The highest BCUT2D eigenvalue weighted by Gasteiger charge is 2.06. The molecule has 0 atom stereocenters. The Bertz CT molecular complexity index is 400. The Morgan fingerprint density at radius 3 is 3.20 bits per heavy atom. The minimum atomic E-state index is 0.358. The molecular weight excluding hydrogens is 216 g/mol. The lowest BCUT2D eigenvalue weighted by atomic mass is 10.4. The Kier molecular flexibility index (Phi) is 3.28. The molecule has 0 spiro atoms. The summed E-state index contributed by atoms with van der Waals surface area (Å²) in [7, 11) is 0. The molecule has 0 fully saturated rings. The molecule has 0 aliphatic rings. The van der Waals surface area contributed by atoms with Crippen molar-refractivity contribution in [2.24, 2.45) is 5.84 Å². The Morgan fingerprint density at radius 1 is 1.53 bits per heavy atom. The van der Waals surface area contributed by atoms with Gasteiger partial charge in [0.05, 0.1) is 12.9 Å². The summed E-state index contributed by atoms with van der Waals surface area (Å²) < 4.78 is 14.2. The molecule has 0 saturated carbocycles. The highest BCUT2D eigenvalue weighted by atomic mass is 32.1. The van der Waals surface area contributed by atoms with Gasteiger partial charge in [0.15, 0.2) is 0 Å². The number of nitrogens with zero attached hydrogens (tertiary/aromatic N) is 2. The predicted molar refractivity (Wildman–Crippen MR) is 54.9 cm³/mol. The topological polar surface area (TPSA) is 86.2 Å². The number of nitrogen functional groups attached to an aromatic ring is 1. The van der Waals surface area contributed by atoms with Crippen LogP contribution in [0.4, 0.5) is 5.00 Å². The van der Waals surface area contributed by atoms with Crippen LogP contribution in [0.2, 0.25) is 0 Å². The van der Waals surface area contributed by atoms with Crippen molar-refractivity contribution in [2.45, 2.75) is 13.2 Å². The van der Waals surface area contributed by atoms with E-state index in [4.69, 9.17) is 15.0 Å². The van der Waals surface area contributed by atoms with Gasteiger partial charge in [-0.25, -0.2) is 5.84 Å². The minimum absolute atomic E-state index is 0.358. The van der Waals surface area contributed by atoms with Crippen molar-refractivity contribution in [1.29, 1.82) is 0 Å². The summed E-state index contributed by atoms with van der Waals surface area (Å²) in [4.78, 5) is 0. The second-order valence-corrected chi connectivity index (χ2v) is 3.52. The summed E-state index contributed by atoms with van der Waals surface area (Å²) in [6, 6.07) is 3.66. The van der Waals surface area contributed by atoms with E-state index in [1.54, 1.807) is 6.26 Å². The van der Waals surface area contributed by atoms with Crippen LogP contribution in [0.1, 0.15) is 11.5 Å². The quantitative estimate of drug-likeness (QED) is 0.587. The Labute approximate surface area is 90.2 Å². The molecule has 2 rings (SSSR count). The Hall–Kier alpha value is -1.44. The van der Waals surface area contributed by atoms with Gasteiger partial charge in [-0.05, 0) is 12.1 Å². The van der Waals surface area contributed by atoms with Crippen molar-refractivity contribution in [2.75, 3.05) is 5.43 Å². The smallest absolute Gasteiger partial charge is 0.149 e. The molecule has 2 heterocycles. The first-order valence-corrected chi connectivity index (χ1v) is 5.05. The predicted octanol–water partition coefficient (Wildman–Crippen LogP) is 1.13. The second-order valence-electron chi connectivity index (χ2n) is 2.77. The van der Waals surface area contributed by atoms with Crippen LogP contribution < -0.4 is 11.3 Å². The van der Waals surface area contributed by atoms with Crippen LogP contribution >= 0.6 is 11.5 Å². The molecule has 6 nitrogen and oxygen atoms in total. The van der Waals surface area contributed by atoms with Crippen molar-refractivity contribution in [3.05, 3.63) is 29.9 Å². The Balaban J connectivity index is 1.83. The number of nitrogens with two attached hydrogens (primary N) is 1. The van der Waals surface area contributed by atoms with Gasteiger partial charge in [0.25, 0.3) is 0 Å². The number of ether oxygens (including phenoxy) is 1. The first-order valence-electron chi connectivity index (χ1n) is 4.28. The fourth-order valence-electron chi connectivity index (χ4n) is 1.06. The molecule has 80 valence electrons. The van der Waals surface area contributed by atoms with Gasteiger partial charge in [-0.2, -0.15) is 0 Å². The molecule has 0 unspecified atom stereocenters. The average Bonchev–Trinajstić information content (AvgIpc) is 2.88. The molecule has 2 aromatic heterocycles. The molecule has 0 amide bonds. The first kappa shape index (κ1) is 10.1. The van der Waals surface area contributed by atoms with E-state index in [-0.39, 0.29) is 0 Å². The van der Waals surface area contributed by atoms with Gasteiger partial charge >= 0.3 is 0 Å². The lowest BCUT2D eigenvalue weighted by Gasteiger charge is -2.00. The summed E-state index contributed by atoms with van der Waals surface area (Å²) in [5, 5.41) is 4.59. The maximum Gasteiger partial charge on any atom is 0.149 e. The Morgan fingerprint density at radius 2 is 2.47 bits per heavy atom. The van der Waals surface area contributed by atoms with Gasteiger partial charge in [-0.3, -0.25) is 0 Å². The third-order valence-corrected chi connectivity index (χ3v) is 2.45. The molecule has 15 heavy (non-hydrogen) atoms. The van der Waals surface area contributed by atoms with Gasteiger partial charge in [-0.1, -0.05) is 4.49 Å². The number of rotatable bonds is 5. The van der Waals surface area contributed by atoms with E-state index < -0.39 is 0 Å². The van der Waals surface area contributed by atoms with Crippen LogP contribution in [-0.2, 0) is 18.0 Å². The van der Waals surface area contributed by atoms with Crippen molar-refractivity contribution < 1.29 is 9.15 Å². The number of anilines is 1. The molecule has 0 bridgehead atoms. The monoisotopic (exact) mass is 226 g/mol. The molecule has 2 aromatic rings. The summed E-state index contributed by atoms with van der Waals surface area (Å²) in [6.07, 6.45) is 1.61. The lowest BCUT2D eigenvalue weighted by Crippen LogP contribution is -2.07. The zero-order valence-electron chi connectivity index (χ0n) is 7.84. The third-order valence-electron chi connectivity index (χ3n) is 1.75. The van der Waals surface area contributed by atoms with E-state index >= 15 is 0 Å². The number of hydrogen-bond donors (Lipinski definition) is 2. The van der Waals surface area contributed by atoms with Crippen molar-refractivity contribution >= 4 is 16.5 Å². The maximum atomic E-state index is 5.38. The highest BCUT2D eigenvalue weighted by Crippen LogP contribution is 2.17. The molecule has 3 N–H and O–H groups in total. The summed E-state index contributed by atoms with van der Waals surface area (Å²) in [5.74, 6) is 6.05. The van der Waals surface area contributed by atoms with Gasteiger partial charge in [0, 0.05) is 11.5 Å². The minimum Gasteiger partial charge on any atom is -0.467 e. The molecule has 7 heteroatoms. The molecule has 0 radical (unpaired) electrons. The summed E-state index contributed by atoms with van der Waals surface area (Å²) in [6.45, 7) is 0.769. The molecular formula is C8H10N4O2S. The lowest BCUT2D eigenvalue weighted by molar-refractivity contribution is 0.0909. The van der Waals surface area contributed by atoms with E-state index in [1.807, 2.05) is 12.1 Å². The standard InChI is InChI=1S/C8H10N4O2S/c9-10-8-7(11-12-15-8)5-13-4-6-2-1-3-14-6/h1-3,10H,4-5,9H2. The van der Waals surface area contributed by atoms with E-state index in [1.165, 1.54) is 11.5 Å². The van der Waals surface area contributed by atoms with Crippen LogP contribution in [0.3, 0.4) is 0 Å². The molecule has 0 aliphatic heterocycles. The van der Waals surface area contributed by atoms with Crippen molar-refractivity contribution in [3.63, 3.8) is 0 Å². The van der Waals surface area contributed by atoms with E-state index in [0.717, 1.165) is 10.8 Å². The van der Waals surface area contributed by atoms with Crippen LogP contribution in [0, 0.1) is 0 Å². The van der Waals surface area contributed by atoms with E-state index in [0.29, 0.717) is 18.9 Å². The third kappa shape index (κ3) is 2.52. The van der Waals surface area contributed by atoms with Gasteiger partial charge in [0.1, 0.15) is 23.1 Å². The maximum absolute atomic E-state index is 5.38. The van der Waals surface area contributed by atoms with Crippen LogP contribution in [0.25, 0.3) is 0 Å². The first-order chi connectivity index (χ1) is 7.40. The number of furan rings is 1. The number of hydrazine groups is 1. The van der Waals surface area contributed by atoms with E-state index in [2.05, 4.69) is 15.0 Å². The molecule has 0 saturated heterocycles. The highest BCUT2D eigenvalue weighted by molar-refractivity contribution is 7.10. The number of nitrogens with one attached hydrogen (secondary N) is 1. The van der Waals surface area contributed by atoms with Crippen molar-refractivity contribution in [3.8, 4) is 0 Å². The number of aromatic nitrogens is 2. The van der Waals surface area contributed by atoms with E-state index in [9.17, 15) is 0 Å².